The van der Waals surface area contributed by atoms with Gasteiger partial charge in [0.15, 0.2) is 17.2 Å². The van der Waals surface area contributed by atoms with Crippen LogP contribution in [0.1, 0.15) is 72.6 Å². The molecule has 0 aromatic carbocycles. The van der Waals surface area contributed by atoms with Gasteiger partial charge in [0, 0.05) is 23.7 Å². The number of esters is 1. The minimum atomic E-state index is -2.15. The molecule has 0 spiro atoms. The van der Waals surface area contributed by atoms with E-state index >= 15 is 8.78 Å². The summed E-state index contributed by atoms with van der Waals surface area (Å²) in [4.78, 5) is 57.2. The van der Waals surface area contributed by atoms with Crippen LogP contribution < -0.4 is 5.32 Å². The average molecular weight is 626 g/mol. The lowest BCUT2D eigenvalue weighted by atomic mass is 9.45. The van der Waals surface area contributed by atoms with Gasteiger partial charge in [0.2, 0.25) is 0 Å². The van der Waals surface area contributed by atoms with Gasteiger partial charge in [-0.05, 0) is 74.6 Å². The summed E-state index contributed by atoms with van der Waals surface area (Å²) in [6.45, 7) is 7.03. The predicted molar refractivity (Wildman–Crippen MR) is 155 cm³/mol. The van der Waals surface area contributed by atoms with Crippen molar-refractivity contribution in [2.24, 2.45) is 34.5 Å². The van der Waals surface area contributed by atoms with Crippen molar-refractivity contribution in [2.75, 3.05) is 13.7 Å². The van der Waals surface area contributed by atoms with Gasteiger partial charge in [-0.25, -0.2) is 8.78 Å². The van der Waals surface area contributed by atoms with Crippen LogP contribution in [0.3, 0.4) is 0 Å². The number of hydrogen-bond acceptors (Lipinski definition) is 8. The Labute approximate surface area is 256 Å². The first-order valence-electron chi connectivity index (χ1n) is 15.2. The lowest BCUT2D eigenvalue weighted by Gasteiger charge is -2.62. The number of alkyl halides is 2. The largest absolute Gasteiger partial charge is 0.481 e. The summed E-state index contributed by atoms with van der Waals surface area (Å²) in [5.41, 5.74) is -4.21. The number of halogens is 2. The third-order valence-corrected chi connectivity index (χ3v) is 10.5. The first-order chi connectivity index (χ1) is 20.5. The summed E-state index contributed by atoms with van der Waals surface area (Å²) in [6.07, 6.45) is 2.81. The normalized spacial score (nSPS) is 37.7. The molecule has 0 amide bonds. The van der Waals surface area contributed by atoms with Crippen molar-refractivity contribution >= 4 is 29.5 Å². The van der Waals surface area contributed by atoms with E-state index in [4.69, 9.17) is 14.9 Å². The van der Waals surface area contributed by atoms with Crippen molar-refractivity contribution in [1.29, 1.82) is 0 Å². The summed E-state index contributed by atoms with van der Waals surface area (Å²) in [6, 6.07) is -0.988. The molecule has 12 heteroatoms. The van der Waals surface area contributed by atoms with Gasteiger partial charge < -0.3 is 25.4 Å². The van der Waals surface area contributed by atoms with Crippen molar-refractivity contribution in [2.45, 2.75) is 96.6 Å². The Morgan fingerprint density at radius 2 is 1.82 bits per heavy atom. The summed E-state index contributed by atoms with van der Waals surface area (Å²) >= 11 is 0. The molecule has 0 aromatic rings. The second kappa shape index (κ2) is 13.6. The fourth-order valence-corrected chi connectivity index (χ4v) is 8.38. The third kappa shape index (κ3) is 6.38. The quantitative estimate of drug-likeness (QED) is 0.263. The second-order valence-electron chi connectivity index (χ2n) is 13.1. The molecular formula is C32H45F2NO9. The van der Waals surface area contributed by atoms with Crippen LogP contribution in [0.4, 0.5) is 8.78 Å². The highest BCUT2D eigenvalue weighted by Crippen LogP contribution is 2.70. The number of aliphatic hydroxyl groups is 1. The van der Waals surface area contributed by atoms with Crippen LogP contribution in [-0.2, 0) is 28.7 Å². The first-order valence-corrected chi connectivity index (χ1v) is 15.2. The van der Waals surface area contributed by atoms with E-state index in [-0.39, 0.29) is 54.8 Å². The molecule has 0 aromatic heterocycles. The molecule has 246 valence electrons. The molecule has 0 bridgehead atoms. The minimum Gasteiger partial charge on any atom is -0.481 e. The molecule has 10 nitrogen and oxygen atoms in total. The number of carboxylic acid groups (broad SMARTS) is 2. The Morgan fingerprint density at radius 3 is 2.36 bits per heavy atom. The van der Waals surface area contributed by atoms with E-state index in [1.165, 1.54) is 25.3 Å². The topological polar surface area (TPSA) is 167 Å². The molecule has 0 radical (unpaired) electrons. The summed E-state index contributed by atoms with van der Waals surface area (Å²) in [5.74, 6) is -5.02. The van der Waals surface area contributed by atoms with E-state index in [0.29, 0.717) is 12.8 Å². The Bertz CT molecular complexity index is 1220. The molecule has 4 aliphatic rings. The number of aliphatic carboxylic acids is 2. The van der Waals surface area contributed by atoms with E-state index in [1.807, 2.05) is 20.8 Å². The van der Waals surface area contributed by atoms with Crippen LogP contribution in [0.25, 0.3) is 0 Å². The van der Waals surface area contributed by atoms with Crippen LogP contribution >= 0.6 is 0 Å². The Balaban J connectivity index is 0.000000456. The fraction of sp³-hybridized carbons (Fsp3) is 0.719. The monoisotopic (exact) mass is 625 g/mol. The van der Waals surface area contributed by atoms with E-state index in [2.05, 4.69) is 5.32 Å². The number of fused-ring (bicyclic) bond motifs is 5. The van der Waals surface area contributed by atoms with Crippen LogP contribution in [0.2, 0.25) is 0 Å². The Hall–Kier alpha value is -2.99. The van der Waals surface area contributed by atoms with Crippen LogP contribution in [0.15, 0.2) is 23.8 Å². The molecule has 44 heavy (non-hydrogen) atoms. The Kier molecular flexibility index (Phi) is 10.9. The Morgan fingerprint density at radius 1 is 1.16 bits per heavy atom. The summed E-state index contributed by atoms with van der Waals surface area (Å²) < 4.78 is 37.7. The van der Waals surface area contributed by atoms with Gasteiger partial charge in [-0.2, -0.15) is 0 Å². The van der Waals surface area contributed by atoms with Gasteiger partial charge in [0.1, 0.15) is 18.8 Å². The number of ether oxygens (including phenoxy) is 1. The zero-order chi connectivity index (χ0) is 33.2. The number of carbonyl (C=O) groups is 5. The van der Waals surface area contributed by atoms with Gasteiger partial charge in [-0.3, -0.25) is 24.0 Å². The maximum Gasteiger partial charge on any atom is 0.321 e. The van der Waals surface area contributed by atoms with Gasteiger partial charge in [-0.15, -0.1) is 0 Å². The number of Topliss-reactive ketones (excluding diaryl/α,β-unsaturated/α-hetero) is 1. The van der Waals surface area contributed by atoms with Crippen LogP contribution in [0, 0.1) is 34.5 Å². The van der Waals surface area contributed by atoms with Gasteiger partial charge in [0.05, 0.1) is 12.5 Å². The number of ketones is 2. The molecular weight excluding hydrogens is 580 g/mol. The van der Waals surface area contributed by atoms with Crippen LogP contribution in [0.5, 0.6) is 0 Å². The number of allylic oxidation sites excluding steroid dienone is 4. The first kappa shape index (κ1) is 35.5. The minimum absolute atomic E-state index is 0.0524. The summed E-state index contributed by atoms with van der Waals surface area (Å²) in [5, 5.41) is 30.1. The second-order valence-corrected chi connectivity index (χ2v) is 13.1. The predicted octanol–water partition coefficient (Wildman–Crippen LogP) is 3.60. The lowest BCUT2D eigenvalue weighted by molar-refractivity contribution is -0.202. The SMILES string of the molecule is CCCCC(=O)OCC(=O)[C@H]1[C@H](C)C[C@H]2[C@@H]3C[C@H](F)C4=CC(=O)C=C[C@]4(C)[C@@]3(F)[C@@H](O)C[C@@]21C.CN[C@H](CC(=O)O)C(=O)O. The van der Waals surface area contributed by atoms with E-state index < -0.39 is 71.0 Å². The smallest absolute Gasteiger partial charge is 0.321 e. The van der Waals surface area contributed by atoms with Crippen molar-refractivity contribution < 1.29 is 52.8 Å². The molecule has 0 unspecified atom stereocenters. The fourth-order valence-electron chi connectivity index (χ4n) is 8.38. The standard InChI is InChI=1S/C27H36F2O5.C5H9NO4/c1-5-6-7-23(33)34-14-21(31)24-15(2)10-17-18-12-20(28)19-11-16(30)8-9-26(19,4)27(18,29)22(32)13-25(17,24)3;1-6-3(5(9)10)2-4(7)8/h8-9,11,15,17-18,20,22,24,32H,5-7,10,12-14H2,1-4H3;3,6H,2H2,1H3,(H,7,8)(H,9,10)/t15-,17+,18+,20+,22+,24-,25+,26+,27+;3-/m11/s1. The van der Waals surface area contributed by atoms with E-state index in [1.54, 1.807) is 6.92 Å². The highest BCUT2D eigenvalue weighted by atomic mass is 19.1. The van der Waals surface area contributed by atoms with Gasteiger partial charge >= 0.3 is 17.9 Å². The maximum atomic E-state index is 17.1. The highest BCUT2D eigenvalue weighted by Gasteiger charge is 2.73. The maximum absolute atomic E-state index is 17.1. The molecule has 4 N–H and O–H groups in total. The number of nitrogens with one attached hydrogen (secondary N) is 1. The van der Waals surface area contributed by atoms with Gasteiger partial charge in [-0.1, -0.05) is 33.3 Å². The molecule has 4 rings (SSSR count). The number of carboxylic acids is 2. The molecule has 4 aliphatic carbocycles. The number of carbonyl (C=O) groups excluding carboxylic acids is 3. The zero-order valence-corrected chi connectivity index (χ0v) is 26.0. The molecule has 3 fully saturated rings. The van der Waals surface area contributed by atoms with Crippen molar-refractivity contribution in [1.82, 2.24) is 5.32 Å². The molecule has 3 saturated carbocycles. The zero-order valence-electron chi connectivity index (χ0n) is 26.0. The number of aliphatic hydroxyl groups excluding tert-OH is 1. The number of unbranched alkanes of at least 4 members (excludes halogenated alkanes) is 1. The molecule has 10 atom stereocenters. The summed E-state index contributed by atoms with van der Waals surface area (Å²) in [7, 11) is 1.40. The van der Waals surface area contributed by atoms with E-state index in [9.17, 15) is 29.1 Å². The average Bonchev–Trinajstić information content (AvgIpc) is 3.21. The van der Waals surface area contributed by atoms with Crippen molar-refractivity contribution in [3.63, 3.8) is 0 Å². The number of rotatable bonds is 10. The van der Waals surface area contributed by atoms with Crippen molar-refractivity contribution in [3.05, 3.63) is 23.8 Å². The molecule has 0 saturated heterocycles. The number of likely N-dealkylation sites (N-methyl/N-ethyl adjacent to an activating group) is 1. The van der Waals surface area contributed by atoms with Crippen LogP contribution in [-0.4, -0.2) is 82.4 Å². The highest BCUT2D eigenvalue weighted by molar-refractivity contribution is 6.01. The lowest BCUT2D eigenvalue weighted by Crippen LogP contribution is -2.68. The molecule has 0 heterocycles. The van der Waals surface area contributed by atoms with E-state index in [0.717, 1.165) is 6.42 Å². The van der Waals surface area contributed by atoms with Gasteiger partial charge in [0.25, 0.3) is 0 Å². The number of hydrogen-bond donors (Lipinski definition) is 4. The third-order valence-electron chi connectivity index (χ3n) is 10.5. The van der Waals surface area contributed by atoms with Crippen molar-refractivity contribution in [3.8, 4) is 0 Å². The molecule has 0 aliphatic heterocycles.